The Morgan fingerprint density at radius 2 is 1.62 bits per heavy atom. The largest absolute Gasteiger partial charge is 0.493 e. The predicted octanol–water partition coefficient (Wildman–Crippen LogP) is 5.24. The molecular weight excluding hydrogens is 611 g/mol. The smallest absolute Gasteiger partial charge is 0.336 e. The maximum absolute atomic E-state index is 13.1. The standard InChI is InChI=1S/C27H18ClIN2O6/c1-36-23-15-17(4-12-22(23)37-24(32)13-5-16-2-6-18(28)7-3-16)14-21-25(33)30-27(35)31(26(21)34)20-10-8-19(29)9-11-20/h2-15H,1H3,(H,30,33,35)/b13-5+,21-14+. The average Bonchev–Trinajstić information content (AvgIpc) is 2.88. The van der Waals surface area contributed by atoms with Gasteiger partial charge in [-0.2, -0.15) is 0 Å². The van der Waals surface area contributed by atoms with E-state index in [4.69, 9.17) is 21.1 Å². The molecule has 8 nitrogen and oxygen atoms in total. The monoisotopic (exact) mass is 628 g/mol. The summed E-state index contributed by atoms with van der Waals surface area (Å²) in [5, 5.41) is 2.77. The Labute approximate surface area is 230 Å². The van der Waals surface area contributed by atoms with Gasteiger partial charge in [0.05, 0.1) is 12.8 Å². The molecule has 10 heteroatoms. The second-order valence-corrected chi connectivity index (χ2v) is 9.33. The molecule has 1 heterocycles. The molecule has 0 saturated carbocycles. The van der Waals surface area contributed by atoms with Crippen LogP contribution in [0.15, 0.2) is 78.4 Å². The zero-order chi connectivity index (χ0) is 26.5. The van der Waals surface area contributed by atoms with Crippen molar-refractivity contribution >= 4 is 75.8 Å². The van der Waals surface area contributed by atoms with Gasteiger partial charge in [-0.3, -0.25) is 14.9 Å². The number of rotatable bonds is 6. The number of benzene rings is 3. The number of barbiturate groups is 1. The first-order valence-electron chi connectivity index (χ1n) is 10.8. The summed E-state index contributed by atoms with van der Waals surface area (Å²) in [4.78, 5) is 51.1. The zero-order valence-corrected chi connectivity index (χ0v) is 22.1. The Morgan fingerprint density at radius 3 is 2.30 bits per heavy atom. The quantitative estimate of drug-likeness (QED) is 0.132. The summed E-state index contributed by atoms with van der Waals surface area (Å²) in [5.41, 5.74) is 1.27. The van der Waals surface area contributed by atoms with Gasteiger partial charge in [0.15, 0.2) is 11.5 Å². The normalized spacial score (nSPS) is 14.7. The van der Waals surface area contributed by atoms with Crippen LogP contribution >= 0.6 is 34.2 Å². The van der Waals surface area contributed by atoms with Crippen molar-refractivity contribution in [2.24, 2.45) is 0 Å². The Bertz CT molecular complexity index is 1450. The van der Waals surface area contributed by atoms with E-state index in [1.807, 2.05) is 0 Å². The van der Waals surface area contributed by atoms with Gasteiger partial charge in [-0.05, 0) is 94.4 Å². The van der Waals surface area contributed by atoms with Crippen LogP contribution in [0, 0.1) is 3.57 Å². The molecule has 1 saturated heterocycles. The van der Waals surface area contributed by atoms with Crippen LogP contribution in [0.2, 0.25) is 5.02 Å². The van der Waals surface area contributed by atoms with Crippen molar-refractivity contribution in [2.45, 2.75) is 0 Å². The SMILES string of the molecule is COc1cc(/C=C2\C(=O)NC(=O)N(c3ccc(I)cc3)C2=O)ccc1OC(=O)/C=C/c1ccc(Cl)cc1. The number of hydrogen-bond acceptors (Lipinski definition) is 6. The lowest BCUT2D eigenvalue weighted by Crippen LogP contribution is -2.54. The van der Waals surface area contributed by atoms with Crippen LogP contribution in [0.3, 0.4) is 0 Å². The third-order valence-electron chi connectivity index (χ3n) is 5.18. The van der Waals surface area contributed by atoms with Crippen molar-refractivity contribution in [3.8, 4) is 11.5 Å². The molecule has 0 bridgehead atoms. The molecule has 3 aromatic carbocycles. The lowest BCUT2D eigenvalue weighted by Gasteiger charge is -2.26. The first-order valence-corrected chi connectivity index (χ1v) is 12.2. The summed E-state index contributed by atoms with van der Waals surface area (Å²) in [5.74, 6) is -1.87. The van der Waals surface area contributed by atoms with Gasteiger partial charge in [-0.15, -0.1) is 0 Å². The average molecular weight is 629 g/mol. The minimum absolute atomic E-state index is 0.144. The molecule has 1 fully saturated rings. The number of carbonyl (C=O) groups excluding carboxylic acids is 4. The highest BCUT2D eigenvalue weighted by atomic mass is 127. The number of imide groups is 2. The first kappa shape index (κ1) is 26.1. The van der Waals surface area contributed by atoms with E-state index in [0.717, 1.165) is 14.0 Å². The number of nitrogens with one attached hydrogen (secondary N) is 1. The van der Waals surface area contributed by atoms with Crippen molar-refractivity contribution in [1.82, 2.24) is 5.32 Å². The molecule has 1 N–H and O–H groups in total. The molecular formula is C27H18ClIN2O6. The van der Waals surface area contributed by atoms with Crippen molar-refractivity contribution in [3.63, 3.8) is 0 Å². The summed E-state index contributed by atoms with van der Waals surface area (Å²) < 4.78 is 11.6. The summed E-state index contributed by atoms with van der Waals surface area (Å²) in [6, 6.07) is 17.3. The Kier molecular flexibility index (Phi) is 8.04. The maximum Gasteiger partial charge on any atom is 0.336 e. The van der Waals surface area contributed by atoms with E-state index >= 15 is 0 Å². The molecule has 37 heavy (non-hydrogen) atoms. The fourth-order valence-corrected chi connectivity index (χ4v) is 3.87. The number of urea groups is 1. The number of carbonyl (C=O) groups is 4. The highest BCUT2D eigenvalue weighted by Crippen LogP contribution is 2.30. The van der Waals surface area contributed by atoms with Crippen LogP contribution in [0.4, 0.5) is 10.5 Å². The van der Waals surface area contributed by atoms with E-state index in [0.29, 0.717) is 16.3 Å². The van der Waals surface area contributed by atoms with Gasteiger partial charge < -0.3 is 9.47 Å². The lowest BCUT2D eigenvalue weighted by atomic mass is 10.1. The molecule has 0 atom stereocenters. The molecule has 186 valence electrons. The van der Waals surface area contributed by atoms with Gasteiger partial charge in [-0.25, -0.2) is 14.5 Å². The van der Waals surface area contributed by atoms with Crippen molar-refractivity contribution in [3.05, 3.63) is 98.1 Å². The number of methoxy groups -OCH3 is 1. The van der Waals surface area contributed by atoms with Crippen LogP contribution in [0.5, 0.6) is 11.5 Å². The van der Waals surface area contributed by atoms with Crippen LogP contribution in [0.25, 0.3) is 12.2 Å². The van der Waals surface area contributed by atoms with Crippen LogP contribution in [0.1, 0.15) is 11.1 Å². The predicted molar refractivity (Wildman–Crippen MR) is 147 cm³/mol. The Morgan fingerprint density at radius 1 is 0.946 bits per heavy atom. The number of esters is 1. The van der Waals surface area contributed by atoms with E-state index in [1.54, 1.807) is 60.7 Å². The molecule has 0 radical (unpaired) electrons. The van der Waals surface area contributed by atoms with Crippen LogP contribution < -0.4 is 19.7 Å². The topological polar surface area (TPSA) is 102 Å². The molecule has 1 aliphatic heterocycles. The number of hydrogen-bond donors (Lipinski definition) is 1. The Balaban J connectivity index is 1.55. The number of halogens is 2. The summed E-state index contributed by atoms with van der Waals surface area (Å²) in [7, 11) is 1.39. The number of anilines is 1. The second-order valence-electron chi connectivity index (χ2n) is 7.65. The van der Waals surface area contributed by atoms with Gasteiger partial charge >= 0.3 is 12.0 Å². The van der Waals surface area contributed by atoms with E-state index < -0.39 is 23.8 Å². The molecule has 0 unspecified atom stereocenters. The van der Waals surface area contributed by atoms with E-state index in [-0.39, 0.29) is 17.1 Å². The minimum Gasteiger partial charge on any atom is -0.493 e. The number of nitrogens with zero attached hydrogens (tertiary/aromatic N) is 1. The van der Waals surface area contributed by atoms with Crippen LogP contribution in [-0.2, 0) is 14.4 Å². The van der Waals surface area contributed by atoms with Crippen molar-refractivity contribution in [2.75, 3.05) is 12.0 Å². The Hall–Kier alpha value is -3.96. The van der Waals surface area contributed by atoms with Gasteiger partial charge in [0.1, 0.15) is 5.57 Å². The summed E-state index contributed by atoms with van der Waals surface area (Å²) in [6.07, 6.45) is 4.18. The number of ether oxygens (including phenoxy) is 2. The molecule has 4 rings (SSSR count). The highest BCUT2D eigenvalue weighted by Gasteiger charge is 2.36. The fraction of sp³-hybridized carbons (Fsp3) is 0.0370. The van der Waals surface area contributed by atoms with Gasteiger partial charge in [-0.1, -0.05) is 29.8 Å². The van der Waals surface area contributed by atoms with Gasteiger partial charge in [0, 0.05) is 14.7 Å². The van der Waals surface area contributed by atoms with Crippen molar-refractivity contribution in [1.29, 1.82) is 0 Å². The molecule has 4 amide bonds. The third-order valence-corrected chi connectivity index (χ3v) is 6.15. The highest BCUT2D eigenvalue weighted by molar-refractivity contribution is 14.1. The first-order chi connectivity index (χ1) is 17.7. The zero-order valence-electron chi connectivity index (χ0n) is 19.2. The fourth-order valence-electron chi connectivity index (χ4n) is 3.39. The van der Waals surface area contributed by atoms with Gasteiger partial charge in [0.2, 0.25) is 0 Å². The minimum atomic E-state index is -0.833. The lowest BCUT2D eigenvalue weighted by molar-refractivity contribution is -0.129. The summed E-state index contributed by atoms with van der Waals surface area (Å²) >= 11 is 7.96. The third kappa shape index (κ3) is 6.25. The second kappa shape index (κ2) is 11.4. The maximum atomic E-state index is 13.1. The van der Waals surface area contributed by atoms with E-state index in [2.05, 4.69) is 27.9 Å². The van der Waals surface area contributed by atoms with Gasteiger partial charge in [0.25, 0.3) is 11.8 Å². The molecule has 0 aliphatic carbocycles. The van der Waals surface area contributed by atoms with Crippen LogP contribution in [-0.4, -0.2) is 30.9 Å². The number of amides is 4. The summed E-state index contributed by atoms with van der Waals surface area (Å²) in [6.45, 7) is 0. The molecule has 3 aromatic rings. The van der Waals surface area contributed by atoms with E-state index in [9.17, 15) is 19.2 Å². The molecule has 1 aliphatic rings. The molecule has 0 aromatic heterocycles. The van der Waals surface area contributed by atoms with E-state index in [1.165, 1.54) is 31.4 Å². The molecule has 0 spiro atoms. The van der Waals surface area contributed by atoms with Crippen molar-refractivity contribution < 1.29 is 28.7 Å².